The summed E-state index contributed by atoms with van der Waals surface area (Å²) in [5.41, 5.74) is 0. The van der Waals surface area contributed by atoms with Crippen LogP contribution in [0.5, 0.6) is 0 Å². The van der Waals surface area contributed by atoms with Crippen molar-refractivity contribution in [2.45, 2.75) is 39.2 Å². The van der Waals surface area contributed by atoms with Crippen molar-refractivity contribution in [3.05, 3.63) is 6.92 Å². The molecule has 0 N–H and O–H groups in total. The maximum Gasteiger partial charge on any atom is 0.00387 e. The summed E-state index contributed by atoms with van der Waals surface area (Å²) in [7, 11) is 0. The molecule has 0 aromatic rings. The second-order valence-electron chi connectivity index (χ2n) is 3.89. The Morgan fingerprint density at radius 3 is 2.82 bits per heavy atom. The van der Waals surface area contributed by atoms with Gasteiger partial charge < -0.3 is 4.90 Å². The van der Waals surface area contributed by atoms with E-state index >= 15 is 0 Å². The lowest BCUT2D eigenvalue weighted by Gasteiger charge is -2.34. The standard InChI is InChI=1S/C10H20N/c1-4-10-6-5-7-11(8-10)9(2)3/h9-10H,1,4-8H2,2-3H3. The Hall–Kier alpha value is -0.0400. The number of piperidine rings is 1. The first kappa shape index (κ1) is 9.05. The molecule has 65 valence electrons. The lowest BCUT2D eigenvalue weighted by atomic mass is 9.95. The van der Waals surface area contributed by atoms with Crippen molar-refractivity contribution in [2.24, 2.45) is 5.92 Å². The maximum absolute atomic E-state index is 3.98. The molecular weight excluding hydrogens is 134 g/mol. The zero-order chi connectivity index (χ0) is 8.27. The number of hydrogen-bond acceptors (Lipinski definition) is 1. The third kappa shape index (κ3) is 2.48. The van der Waals surface area contributed by atoms with Crippen molar-refractivity contribution in [3.8, 4) is 0 Å². The van der Waals surface area contributed by atoms with Crippen LogP contribution in [0.2, 0.25) is 0 Å². The van der Waals surface area contributed by atoms with Crippen LogP contribution in [0, 0.1) is 12.8 Å². The van der Waals surface area contributed by atoms with E-state index < -0.39 is 0 Å². The van der Waals surface area contributed by atoms with Crippen molar-refractivity contribution in [2.75, 3.05) is 13.1 Å². The summed E-state index contributed by atoms with van der Waals surface area (Å²) in [6.07, 6.45) is 3.88. The minimum Gasteiger partial charge on any atom is -0.301 e. The van der Waals surface area contributed by atoms with Gasteiger partial charge in [-0.15, -0.1) is 0 Å². The molecule has 1 aliphatic heterocycles. The van der Waals surface area contributed by atoms with Gasteiger partial charge in [-0.25, -0.2) is 0 Å². The molecule has 0 aromatic carbocycles. The Morgan fingerprint density at radius 2 is 2.27 bits per heavy atom. The molecule has 0 bridgehead atoms. The van der Waals surface area contributed by atoms with Crippen LogP contribution in [0.25, 0.3) is 0 Å². The van der Waals surface area contributed by atoms with Crippen LogP contribution >= 0.6 is 0 Å². The summed E-state index contributed by atoms with van der Waals surface area (Å²) in [5.74, 6) is 0.867. The molecule has 1 fully saturated rings. The topological polar surface area (TPSA) is 3.24 Å². The fourth-order valence-corrected chi connectivity index (χ4v) is 1.80. The first-order valence-corrected chi connectivity index (χ1v) is 4.77. The van der Waals surface area contributed by atoms with E-state index in [2.05, 4.69) is 25.7 Å². The highest BCUT2D eigenvalue weighted by Gasteiger charge is 2.19. The lowest BCUT2D eigenvalue weighted by molar-refractivity contribution is 0.140. The summed E-state index contributed by atoms with van der Waals surface area (Å²) in [6, 6.07) is 0.726. The van der Waals surface area contributed by atoms with E-state index in [1.807, 2.05) is 0 Å². The van der Waals surface area contributed by atoms with E-state index in [-0.39, 0.29) is 0 Å². The van der Waals surface area contributed by atoms with Crippen LogP contribution in [0.4, 0.5) is 0 Å². The quantitative estimate of drug-likeness (QED) is 0.590. The van der Waals surface area contributed by atoms with E-state index in [0.717, 1.165) is 18.4 Å². The second-order valence-corrected chi connectivity index (χ2v) is 3.89. The molecule has 1 atom stereocenters. The largest absolute Gasteiger partial charge is 0.301 e. The van der Waals surface area contributed by atoms with Gasteiger partial charge >= 0.3 is 0 Å². The molecule has 1 heteroatoms. The van der Waals surface area contributed by atoms with Gasteiger partial charge in [-0.2, -0.15) is 0 Å². The molecule has 1 unspecified atom stereocenters. The summed E-state index contributed by atoms with van der Waals surface area (Å²) in [6.45, 7) is 11.1. The molecule has 0 aromatic heterocycles. The van der Waals surface area contributed by atoms with Crippen LogP contribution in [0.15, 0.2) is 0 Å². The highest BCUT2D eigenvalue weighted by Crippen LogP contribution is 2.20. The third-order valence-electron chi connectivity index (χ3n) is 2.69. The first-order valence-electron chi connectivity index (χ1n) is 4.77. The van der Waals surface area contributed by atoms with Crippen molar-refractivity contribution in [1.82, 2.24) is 4.90 Å². The summed E-state index contributed by atoms with van der Waals surface area (Å²) < 4.78 is 0. The molecule has 0 saturated carbocycles. The van der Waals surface area contributed by atoms with Crippen LogP contribution in [-0.2, 0) is 0 Å². The highest BCUT2D eigenvalue weighted by atomic mass is 15.1. The predicted octanol–water partition coefficient (Wildman–Crippen LogP) is 2.33. The summed E-state index contributed by atoms with van der Waals surface area (Å²) in [5, 5.41) is 0. The molecule has 11 heavy (non-hydrogen) atoms. The van der Waals surface area contributed by atoms with Crippen LogP contribution in [-0.4, -0.2) is 24.0 Å². The van der Waals surface area contributed by atoms with Gasteiger partial charge in [0.15, 0.2) is 0 Å². The second kappa shape index (κ2) is 4.10. The van der Waals surface area contributed by atoms with Gasteiger partial charge in [0, 0.05) is 12.6 Å². The molecular formula is C10H20N. The number of rotatable bonds is 2. The SMILES string of the molecule is [CH2]CC1CCCN(C(C)C)C1. The Bertz CT molecular complexity index is 109. The van der Waals surface area contributed by atoms with E-state index in [9.17, 15) is 0 Å². The fraction of sp³-hybridized carbons (Fsp3) is 0.900. The van der Waals surface area contributed by atoms with Crippen molar-refractivity contribution >= 4 is 0 Å². The minimum atomic E-state index is 0.726. The smallest absolute Gasteiger partial charge is 0.00387 e. The van der Waals surface area contributed by atoms with Crippen molar-refractivity contribution in [3.63, 3.8) is 0 Å². The molecule has 1 radical (unpaired) electrons. The first-order chi connectivity index (χ1) is 5.24. The monoisotopic (exact) mass is 154 g/mol. The molecule has 0 spiro atoms. The van der Waals surface area contributed by atoms with Gasteiger partial charge in [0.05, 0.1) is 0 Å². The normalized spacial score (nSPS) is 27.8. The van der Waals surface area contributed by atoms with Crippen LogP contribution in [0.1, 0.15) is 33.1 Å². The zero-order valence-electron chi connectivity index (χ0n) is 7.84. The third-order valence-corrected chi connectivity index (χ3v) is 2.69. The molecule has 1 heterocycles. The molecule has 1 saturated heterocycles. The predicted molar refractivity (Wildman–Crippen MR) is 49.4 cm³/mol. The van der Waals surface area contributed by atoms with Crippen LogP contribution < -0.4 is 0 Å². The average molecular weight is 154 g/mol. The summed E-state index contributed by atoms with van der Waals surface area (Å²) in [4.78, 5) is 2.57. The Kier molecular flexibility index (Phi) is 3.38. The highest BCUT2D eigenvalue weighted by molar-refractivity contribution is 4.75. The molecule has 0 amide bonds. The Labute approximate surface area is 70.8 Å². The van der Waals surface area contributed by atoms with Gasteiger partial charge in [-0.3, -0.25) is 0 Å². The molecule has 1 nitrogen and oxygen atoms in total. The maximum atomic E-state index is 3.98. The molecule has 1 rings (SSSR count). The average Bonchev–Trinajstić information content (AvgIpc) is 2.05. The van der Waals surface area contributed by atoms with E-state index in [1.54, 1.807) is 0 Å². The minimum absolute atomic E-state index is 0.726. The number of nitrogens with zero attached hydrogens (tertiary/aromatic N) is 1. The van der Waals surface area contributed by atoms with Gasteiger partial charge in [0.25, 0.3) is 0 Å². The van der Waals surface area contributed by atoms with E-state index in [1.165, 1.54) is 25.9 Å². The Morgan fingerprint density at radius 1 is 1.55 bits per heavy atom. The van der Waals surface area contributed by atoms with Gasteiger partial charge in [-0.1, -0.05) is 6.92 Å². The van der Waals surface area contributed by atoms with Crippen molar-refractivity contribution in [1.29, 1.82) is 0 Å². The van der Waals surface area contributed by atoms with Gasteiger partial charge in [0.2, 0.25) is 0 Å². The van der Waals surface area contributed by atoms with Crippen LogP contribution in [0.3, 0.4) is 0 Å². The fourth-order valence-electron chi connectivity index (χ4n) is 1.80. The van der Waals surface area contributed by atoms with E-state index in [4.69, 9.17) is 0 Å². The molecule has 1 aliphatic rings. The molecule has 0 aliphatic carbocycles. The zero-order valence-corrected chi connectivity index (χ0v) is 7.84. The lowest BCUT2D eigenvalue weighted by Crippen LogP contribution is -2.39. The van der Waals surface area contributed by atoms with Gasteiger partial charge in [-0.05, 0) is 45.6 Å². The summed E-state index contributed by atoms with van der Waals surface area (Å²) >= 11 is 0. The number of hydrogen-bond donors (Lipinski definition) is 0. The Balaban J connectivity index is 2.33. The number of likely N-dealkylation sites (tertiary alicyclic amines) is 1. The van der Waals surface area contributed by atoms with E-state index in [0.29, 0.717) is 0 Å². The van der Waals surface area contributed by atoms with Gasteiger partial charge in [0.1, 0.15) is 0 Å². The van der Waals surface area contributed by atoms with Crippen molar-refractivity contribution < 1.29 is 0 Å².